The van der Waals surface area contributed by atoms with E-state index in [1.54, 1.807) is 25.1 Å². The van der Waals surface area contributed by atoms with Crippen LogP contribution in [0.4, 0.5) is 5.69 Å². The van der Waals surface area contributed by atoms with Gasteiger partial charge in [0.1, 0.15) is 6.04 Å². The van der Waals surface area contributed by atoms with Crippen LogP contribution in [0.5, 0.6) is 0 Å². The van der Waals surface area contributed by atoms with Gasteiger partial charge >= 0.3 is 11.9 Å². The number of carbonyl (C=O) groups is 3. The van der Waals surface area contributed by atoms with Crippen LogP contribution in [0.25, 0.3) is 0 Å². The van der Waals surface area contributed by atoms with Crippen LogP contribution in [-0.2, 0) is 9.59 Å². The largest absolute Gasteiger partial charge is 0.481 e. The second-order valence-electron chi connectivity index (χ2n) is 4.39. The molecule has 1 aromatic rings. The number of nitrogen functional groups attached to an aromatic ring is 1. The summed E-state index contributed by atoms with van der Waals surface area (Å²) in [5.41, 5.74) is 6.87. The molecule has 0 saturated carbocycles. The number of aliphatic carboxylic acids is 2. The lowest BCUT2D eigenvalue weighted by Crippen LogP contribution is -2.41. The Labute approximate surface area is 115 Å². The number of hydrogen-bond acceptors (Lipinski definition) is 4. The summed E-state index contributed by atoms with van der Waals surface area (Å²) in [4.78, 5) is 33.4. The molecule has 0 spiro atoms. The Bertz CT molecular complexity index is 542. The van der Waals surface area contributed by atoms with Gasteiger partial charge in [0, 0.05) is 12.1 Å². The van der Waals surface area contributed by atoms with Crippen LogP contribution in [0.15, 0.2) is 18.2 Å². The summed E-state index contributed by atoms with van der Waals surface area (Å²) in [7, 11) is 0. The van der Waals surface area contributed by atoms with Crippen molar-refractivity contribution in [1.29, 1.82) is 0 Å². The SMILES string of the molecule is Cc1ccc(N)c(C(=O)NC(CCC(=O)O)C(=O)O)c1. The molecule has 1 rings (SSSR count). The van der Waals surface area contributed by atoms with Gasteiger partial charge in [-0.2, -0.15) is 0 Å². The summed E-state index contributed by atoms with van der Waals surface area (Å²) in [6.07, 6.45) is -0.539. The first-order valence-electron chi connectivity index (χ1n) is 5.93. The molecule has 0 saturated heterocycles. The summed E-state index contributed by atoms with van der Waals surface area (Å²) in [5.74, 6) is -3.05. The molecule has 1 atom stereocenters. The van der Waals surface area contributed by atoms with E-state index in [1.807, 2.05) is 0 Å². The number of carboxylic acids is 2. The standard InChI is InChI=1S/C13H16N2O5/c1-7-2-3-9(14)8(6-7)12(18)15-10(13(19)20)4-5-11(16)17/h2-3,6,10H,4-5,14H2,1H3,(H,15,18)(H,16,17)(H,19,20). The minimum atomic E-state index is -1.29. The van der Waals surface area contributed by atoms with Crippen LogP contribution < -0.4 is 11.1 Å². The van der Waals surface area contributed by atoms with Crippen molar-refractivity contribution < 1.29 is 24.6 Å². The van der Waals surface area contributed by atoms with E-state index in [-0.39, 0.29) is 24.1 Å². The van der Waals surface area contributed by atoms with E-state index in [4.69, 9.17) is 15.9 Å². The van der Waals surface area contributed by atoms with Gasteiger partial charge in [0.2, 0.25) is 0 Å². The van der Waals surface area contributed by atoms with Crippen molar-refractivity contribution >= 4 is 23.5 Å². The summed E-state index contributed by atoms with van der Waals surface area (Å²) >= 11 is 0. The average Bonchev–Trinajstić information content (AvgIpc) is 2.36. The van der Waals surface area contributed by atoms with Crippen LogP contribution >= 0.6 is 0 Å². The summed E-state index contributed by atoms with van der Waals surface area (Å²) < 4.78 is 0. The minimum absolute atomic E-state index is 0.173. The molecule has 0 aliphatic heterocycles. The van der Waals surface area contributed by atoms with Crippen molar-refractivity contribution in [3.05, 3.63) is 29.3 Å². The summed E-state index contributed by atoms with van der Waals surface area (Å²) in [6, 6.07) is 3.56. The van der Waals surface area contributed by atoms with Crippen molar-refractivity contribution in [3.8, 4) is 0 Å². The van der Waals surface area contributed by atoms with Crippen LogP contribution in [0.3, 0.4) is 0 Å². The van der Waals surface area contributed by atoms with E-state index >= 15 is 0 Å². The minimum Gasteiger partial charge on any atom is -0.481 e. The highest BCUT2D eigenvalue weighted by molar-refractivity contribution is 6.01. The first-order valence-corrected chi connectivity index (χ1v) is 5.93. The van der Waals surface area contributed by atoms with Crippen LogP contribution in [-0.4, -0.2) is 34.1 Å². The van der Waals surface area contributed by atoms with E-state index in [9.17, 15) is 14.4 Å². The fourth-order valence-corrected chi connectivity index (χ4v) is 1.63. The molecule has 7 nitrogen and oxygen atoms in total. The predicted octanol–water partition coefficient (Wildman–Crippen LogP) is 0.625. The van der Waals surface area contributed by atoms with Crippen molar-refractivity contribution in [1.82, 2.24) is 5.32 Å². The lowest BCUT2D eigenvalue weighted by molar-refractivity contribution is -0.140. The Kier molecular flexibility index (Phi) is 5.08. The van der Waals surface area contributed by atoms with Gasteiger partial charge in [-0.3, -0.25) is 9.59 Å². The molecule has 0 aromatic heterocycles. The molecule has 0 radical (unpaired) electrons. The molecule has 1 amide bonds. The number of aryl methyl sites for hydroxylation is 1. The molecule has 0 heterocycles. The normalized spacial score (nSPS) is 11.7. The Morgan fingerprint density at radius 3 is 2.50 bits per heavy atom. The molecule has 0 bridgehead atoms. The molecule has 1 aromatic carbocycles. The third-order valence-corrected chi connectivity index (χ3v) is 2.70. The van der Waals surface area contributed by atoms with Crippen LogP contribution in [0, 0.1) is 6.92 Å². The van der Waals surface area contributed by atoms with E-state index in [1.165, 1.54) is 0 Å². The van der Waals surface area contributed by atoms with Gasteiger partial charge in [0.15, 0.2) is 0 Å². The number of carboxylic acid groups (broad SMARTS) is 2. The number of anilines is 1. The lowest BCUT2D eigenvalue weighted by atomic mass is 10.1. The van der Waals surface area contributed by atoms with Gasteiger partial charge in [-0.25, -0.2) is 4.79 Å². The summed E-state index contributed by atoms with van der Waals surface area (Å²) in [5, 5.41) is 19.8. The number of nitrogens with two attached hydrogens (primary N) is 1. The second-order valence-corrected chi connectivity index (χ2v) is 4.39. The second kappa shape index (κ2) is 6.55. The van der Waals surface area contributed by atoms with Gasteiger partial charge < -0.3 is 21.3 Å². The van der Waals surface area contributed by atoms with E-state index in [0.29, 0.717) is 0 Å². The zero-order valence-electron chi connectivity index (χ0n) is 10.9. The maximum Gasteiger partial charge on any atom is 0.326 e. The van der Waals surface area contributed by atoms with E-state index < -0.39 is 23.9 Å². The van der Waals surface area contributed by atoms with Gasteiger partial charge in [-0.05, 0) is 25.5 Å². The predicted molar refractivity (Wildman–Crippen MR) is 71.4 cm³/mol. The Morgan fingerprint density at radius 1 is 1.30 bits per heavy atom. The van der Waals surface area contributed by atoms with Crippen molar-refractivity contribution in [2.24, 2.45) is 0 Å². The first kappa shape index (κ1) is 15.5. The molecule has 20 heavy (non-hydrogen) atoms. The van der Waals surface area contributed by atoms with E-state index in [0.717, 1.165) is 5.56 Å². The smallest absolute Gasteiger partial charge is 0.326 e. The Morgan fingerprint density at radius 2 is 1.95 bits per heavy atom. The molecule has 5 N–H and O–H groups in total. The molecular weight excluding hydrogens is 264 g/mol. The van der Waals surface area contributed by atoms with Gasteiger partial charge in [0.05, 0.1) is 5.56 Å². The average molecular weight is 280 g/mol. The monoisotopic (exact) mass is 280 g/mol. The number of hydrogen-bond donors (Lipinski definition) is 4. The molecular formula is C13H16N2O5. The van der Waals surface area contributed by atoms with Crippen molar-refractivity contribution in [2.75, 3.05) is 5.73 Å². The van der Waals surface area contributed by atoms with Crippen molar-refractivity contribution in [3.63, 3.8) is 0 Å². The molecule has 1 unspecified atom stereocenters. The third kappa shape index (κ3) is 4.27. The van der Waals surface area contributed by atoms with E-state index in [2.05, 4.69) is 5.32 Å². The van der Waals surface area contributed by atoms with Crippen LogP contribution in [0.1, 0.15) is 28.8 Å². The topological polar surface area (TPSA) is 130 Å². The molecule has 108 valence electrons. The van der Waals surface area contributed by atoms with Gasteiger partial charge in [-0.1, -0.05) is 11.6 Å². The van der Waals surface area contributed by atoms with Gasteiger partial charge in [-0.15, -0.1) is 0 Å². The fourth-order valence-electron chi connectivity index (χ4n) is 1.63. The Balaban J connectivity index is 2.82. The zero-order chi connectivity index (χ0) is 15.3. The highest BCUT2D eigenvalue weighted by atomic mass is 16.4. The lowest BCUT2D eigenvalue weighted by Gasteiger charge is -2.14. The number of carbonyl (C=O) groups excluding carboxylic acids is 1. The quantitative estimate of drug-likeness (QED) is 0.565. The molecule has 0 fully saturated rings. The van der Waals surface area contributed by atoms with Crippen molar-refractivity contribution in [2.45, 2.75) is 25.8 Å². The highest BCUT2D eigenvalue weighted by Crippen LogP contribution is 2.14. The number of nitrogens with one attached hydrogen (secondary N) is 1. The molecule has 0 aliphatic rings. The fraction of sp³-hybridized carbons (Fsp3) is 0.308. The molecule has 7 heteroatoms. The molecule has 0 aliphatic carbocycles. The number of rotatable bonds is 6. The highest BCUT2D eigenvalue weighted by Gasteiger charge is 2.22. The van der Waals surface area contributed by atoms with Gasteiger partial charge in [0.25, 0.3) is 5.91 Å². The maximum atomic E-state index is 12.0. The first-order chi connectivity index (χ1) is 9.31. The Hall–Kier alpha value is -2.57. The summed E-state index contributed by atoms with van der Waals surface area (Å²) in [6.45, 7) is 1.77. The number of benzene rings is 1. The maximum absolute atomic E-state index is 12.0. The van der Waals surface area contributed by atoms with Crippen LogP contribution in [0.2, 0.25) is 0 Å². The zero-order valence-corrected chi connectivity index (χ0v) is 10.9. The number of amides is 1. The third-order valence-electron chi connectivity index (χ3n) is 2.70.